The second-order valence-electron chi connectivity index (χ2n) is 11.1. The summed E-state index contributed by atoms with van der Waals surface area (Å²) in [5.41, 5.74) is 0.258. The maximum atomic E-state index is 14.1. The smallest absolute Gasteiger partial charge is 0.433 e. The van der Waals surface area contributed by atoms with E-state index in [9.17, 15) is 37.5 Å². The molecule has 0 bridgehead atoms. The van der Waals surface area contributed by atoms with Crippen molar-refractivity contribution < 1.29 is 42.2 Å². The lowest BCUT2D eigenvalue weighted by Crippen LogP contribution is -2.46. The molecule has 6 rings (SSSR count). The van der Waals surface area contributed by atoms with Crippen LogP contribution < -0.4 is 9.75 Å². The molecule has 4 unspecified atom stereocenters. The number of aromatic nitrogens is 1. The fraction of sp³-hybridized carbons (Fsp3) is 0.323. The quantitative estimate of drug-likeness (QED) is 0.288. The predicted octanol–water partition coefficient (Wildman–Crippen LogP) is 4.95. The van der Waals surface area contributed by atoms with Crippen molar-refractivity contribution in [2.24, 2.45) is 17.8 Å². The number of pyridine rings is 1. The molecule has 13 heteroatoms. The van der Waals surface area contributed by atoms with Gasteiger partial charge in [-0.15, -0.1) is 0 Å². The highest BCUT2D eigenvalue weighted by Gasteiger charge is 2.58. The van der Waals surface area contributed by atoms with Gasteiger partial charge in [0.2, 0.25) is 0 Å². The van der Waals surface area contributed by atoms with E-state index in [1.54, 1.807) is 24.3 Å². The highest BCUT2D eigenvalue weighted by Crippen LogP contribution is 2.57. The highest BCUT2D eigenvalue weighted by atomic mass is 35.5. The normalized spacial score (nSPS) is 24.9. The number of rotatable bonds is 4. The number of hydrogen-bond acceptors (Lipinski definition) is 8. The third-order valence-electron chi connectivity index (χ3n) is 8.83. The lowest BCUT2D eigenvalue weighted by atomic mass is 9.59. The molecule has 44 heavy (non-hydrogen) atoms. The van der Waals surface area contributed by atoms with Crippen molar-refractivity contribution in [1.82, 2.24) is 9.99 Å². The molecule has 2 amide bonds. The number of allylic oxidation sites excluding steroid dienone is 6. The van der Waals surface area contributed by atoms with Crippen LogP contribution in [0.4, 0.5) is 19.0 Å². The number of hydrazine groups is 1. The maximum Gasteiger partial charge on any atom is 0.433 e. The van der Waals surface area contributed by atoms with Crippen LogP contribution in [-0.4, -0.2) is 52.6 Å². The Morgan fingerprint density at radius 3 is 2.50 bits per heavy atom. The van der Waals surface area contributed by atoms with Crippen molar-refractivity contribution in [3.63, 3.8) is 0 Å². The molecule has 0 radical (unpaired) electrons. The number of phenolic OH excluding ortho intramolecular Hbond substituents is 1. The number of amides is 2. The number of carbonyl (C=O) groups excluding carboxylic acids is 4. The molecule has 0 spiro atoms. The Labute approximate surface area is 254 Å². The van der Waals surface area contributed by atoms with Crippen LogP contribution in [0, 0.1) is 17.8 Å². The van der Waals surface area contributed by atoms with Gasteiger partial charge in [0.15, 0.2) is 28.9 Å². The number of anilines is 1. The molecule has 1 aromatic heterocycles. The van der Waals surface area contributed by atoms with Crippen LogP contribution in [0.5, 0.6) is 11.5 Å². The zero-order chi connectivity index (χ0) is 31.8. The van der Waals surface area contributed by atoms with Crippen molar-refractivity contribution in [2.75, 3.05) is 19.2 Å². The van der Waals surface area contributed by atoms with Crippen molar-refractivity contribution in [1.29, 1.82) is 0 Å². The number of hydrogen-bond donors (Lipinski definition) is 1. The Morgan fingerprint density at radius 1 is 1.09 bits per heavy atom. The van der Waals surface area contributed by atoms with Crippen LogP contribution in [0.3, 0.4) is 0 Å². The second-order valence-corrected chi connectivity index (χ2v) is 11.5. The van der Waals surface area contributed by atoms with Crippen molar-refractivity contribution in [3.05, 3.63) is 81.1 Å². The maximum absolute atomic E-state index is 14.1. The van der Waals surface area contributed by atoms with Gasteiger partial charge in [0.25, 0.3) is 11.8 Å². The summed E-state index contributed by atoms with van der Waals surface area (Å²) >= 11 is 6.18. The van der Waals surface area contributed by atoms with Crippen LogP contribution in [0.1, 0.15) is 36.9 Å². The summed E-state index contributed by atoms with van der Waals surface area (Å²) in [6, 6.07) is 6.47. The lowest BCUT2D eigenvalue weighted by Gasteiger charge is -2.42. The number of phenols is 1. The predicted molar refractivity (Wildman–Crippen MR) is 150 cm³/mol. The Bertz CT molecular complexity index is 1760. The van der Waals surface area contributed by atoms with Crippen LogP contribution in [0.15, 0.2) is 64.8 Å². The van der Waals surface area contributed by atoms with Gasteiger partial charge in [-0.25, -0.2) is 4.98 Å². The summed E-state index contributed by atoms with van der Waals surface area (Å²) in [4.78, 5) is 58.2. The number of nitrogens with zero attached hydrogens (tertiary/aromatic N) is 3. The average Bonchev–Trinajstić information content (AvgIpc) is 3.23. The van der Waals surface area contributed by atoms with Crippen LogP contribution in [-0.2, 0) is 25.4 Å². The third kappa shape index (κ3) is 4.34. The first-order valence-corrected chi connectivity index (χ1v) is 14.0. The van der Waals surface area contributed by atoms with Gasteiger partial charge in [-0.05, 0) is 50.0 Å². The molecule has 4 aliphatic rings. The van der Waals surface area contributed by atoms with E-state index in [2.05, 4.69) is 4.98 Å². The van der Waals surface area contributed by atoms with E-state index < -0.39 is 59.0 Å². The molecule has 3 aliphatic carbocycles. The second kappa shape index (κ2) is 10.3. The molecule has 1 aromatic carbocycles. The molecule has 1 fully saturated rings. The van der Waals surface area contributed by atoms with Crippen molar-refractivity contribution >= 4 is 40.8 Å². The molecular weight excluding hydrogens is 603 g/mol. The summed E-state index contributed by atoms with van der Waals surface area (Å²) in [6.45, 7) is 1.53. The largest absolute Gasteiger partial charge is 0.504 e. The summed E-state index contributed by atoms with van der Waals surface area (Å²) in [5, 5.41) is 12.6. The van der Waals surface area contributed by atoms with Crippen LogP contribution in [0.2, 0.25) is 5.02 Å². The van der Waals surface area contributed by atoms with Crippen molar-refractivity contribution in [3.8, 4) is 11.5 Å². The van der Waals surface area contributed by atoms with Crippen LogP contribution >= 0.6 is 11.6 Å². The first-order chi connectivity index (χ1) is 20.8. The number of aromatic hydroxyl groups is 1. The monoisotopic (exact) mass is 627 g/mol. The molecule has 0 saturated carbocycles. The van der Waals surface area contributed by atoms with E-state index >= 15 is 0 Å². The van der Waals surface area contributed by atoms with E-state index in [0.29, 0.717) is 17.2 Å². The molecular formula is C31H25ClF3N3O6. The lowest BCUT2D eigenvalue weighted by molar-refractivity contribution is -0.141. The number of fused-ring (bicyclic) bond motifs is 3. The number of ether oxygens (including phenoxy) is 1. The van der Waals surface area contributed by atoms with Crippen molar-refractivity contribution in [2.45, 2.75) is 31.9 Å². The van der Waals surface area contributed by atoms with Gasteiger partial charge >= 0.3 is 6.18 Å². The molecule has 1 N–H and O–H groups in total. The summed E-state index contributed by atoms with van der Waals surface area (Å²) in [6.07, 6.45) is -1.74. The molecule has 2 aromatic rings. The van der Waals surface area contributed by atoms with E-state index in [0.717, 1.165) is 16.1 Å². The van der Waals surface area contributed by atoms with Gasteiger partial charge in [0, 0.05) is 35.2 Å². The van der Waals surface area contributed by atoms with Gasteiger partial charge in [-0.2, -0.15) is 18.2 Å². The zero-order valence-corrected chi connectivity index (χ0v) is 24.4. The summed E-state index contributed by atoms with van der Waals surface area (Å²) in [7, 11) is 2.60. The number of halogens is 4. The number of carbonyl (C=O) groups is 4. The Kier molecular flexibility index (Phi) is 6.95. The molecule has 4 atom stereocenters. The summed E-state index contributed by atoms with van der Waals surface area (Å²) in [5.74, 6) is -6.19. The number of alkyl halides is 3. The summed E-state index contributed by atoms with van der Waals surface area (Å²) < 4.78 is 45.6. The number of Topliss-reactive ketones (excluding diaryl/α,β-unsaturated/α-hetero) is 1. The van der Waals surface area contributed by atoms with Gasteiger partial charge in [-0.1, -0.05) is 35.4 Å². The number of ketones is 2. The topological polar surface area (TPSA) is 117 Å². The molecule has 228 valence electrons. The van der Waals surface area contributed by atoms with E-state index in [1.165, 1.54) is 27.2 Å². The van der Waals surface area contributed by atoms with Gasteiger partial charge in [0.1, 0.15) is 5.69 Å². The van der Waals surface area contributed by atoms with E-state index in [-0.39, 0.29) is 51.9 Å². The third-order valence-corrected chi connectivity index (χ3v) is 9.12. The standard InChI is InChI=1S/C31H25ClF3N3O6/c1-13-11-20(39)18-12-17-14(23(25(18)26(13)40)15-5-4-6-21(44-3)27(15)41)7-8-16-24(17)30(43)38(29(16)42)37(2)28-19(32)9-10-22(36-28)31(33,34)35/h4-7,9-11,16-17,23-24,41H,8,12H2,1-3H3. The number of methoxy groups -OCH3 is 1. The molecule has 9 nitrogen and oxygen atoms in total. The van der Waals surface area contributed by atoms with Gasteiger partial charge in [0.05, 0.1) is 24.0 Å². The molecule has 1 saturated heterocycles. The SMILES string of the molecule is COc1cccc(C2C3=CCC4C(=O)N(N(C)c5nc(C(F)(F)F)ccc5Cl)C(=O)C4C3CC3=C2C(=O)C(C)=CC3=O)c1O. The number of benzene rings is 1. The first kappa shape index (κ1) is 29.6. The fourth-order valence-electron chi connectivity index (χ4n) is 6.84. The minimum Gasteiger partial charge on any atom is -0.504 e. The van der Waals surface area contributed by atoms with Gasteiger partial charge in [-0.3, -0.25) is 24.2 Å². The van der Waals surface area contributed by atoms with E-state index in [1.807, 2.05) is 0 Å². The minimum absolute atomic E-state index is 0.0168. The zero-order valence-electron chi connectivity index (χ0n) is 23.6. The molecule has 1 aliphatic heterocycles. The minimum atomic E-state index is -4.79. The Morgan fingerprint density at radius 2 is 1.82 bits per heavy atom. The Balaban J connectivity index is 1.45. The molecule has 2 heterocycles. The fourth-order valence-corrected chi connectivity index (χ4v) is 7.07. The first-order valence-electron chi connectivity index (χ1n) is 13.7. The van der Waals surface area contributed by atoms with Gasteiger partial charge < -0.3 is 9.84 Å². The Hall–Kier alpha value is -4.45. The number of imide groups is 1. The average molecular weight is 628 g/mol. The highest BCUT2D eigenvalue weighted by molar-refractivity contribution is 6.33. The van der Waals surface area contributed by atoms with Crippen LogP contribution in [0.25, 0.3) is 0 Å². The number of para-hydroxylation sites is 1. The van der Waals surface area contributed by atoms with E-state index in [4.69, 9.17) is 16.3 Å².